The number of amides is 2. The zero-order valence-electron chi connectivity index (χ0n) is 14.5. The maximum absolute atomic E-state index is 12.9. The largest absolute Gasteiger partial charge is 0.364 e. The highest BCUT2D eigenvalue weighted by Crippen LogP contribution is 2.22. The van der Waals surface area contributed by atoms with Crippen LogP contribution in [0, 0.1) is 5.92 Å². The molecule has 0 saturated carbocycles. The van der Waals surface area contributed by atoms with E-state index in [1.54, 1.807) is 0 Å². The number of aromatic nitrogens is 2. The van der Waals surface area contributed by atoms with Gasteiger partial charge >= 0.3 is 0 Å². The van der Waals surface area contributed by atoms with Gasteiger partial charge in [0.2, 0.25) is 0 Å². The van der Waals surface area contributed by atoms with Gasteiger partial charge in [-0.05, 0) is 37.3 Å². The molecule has 1 unspecified atom stereocenters. The smallest absolute Gasteiger partial charge is 0.274 e. The molecule has 2 heterocycles. The molecule has 0 aliphatic carbocycles. The minimum atomic E-state index is -0.599. The maximum Gasteiger partial charge on any atom is 0.274 e. The Bertz CT molecular complexity index is 752. The number of primary amides is 1. The molecule has 1 aromatic carbocycles. The fraction of sp³-hybridized carbons (Fsp3) is 0.421. The van der Waals surface area contributed by atoms with Gasteiger partial charge in [0.05, 0.1) is 5.69 Å². The topological polar surface area (TPSA) is 81.2 Å². The maximum atomic E-state index is 12.9. The number of carbonyl (C=O) groups excluding carboxylic acids is 2. The zero-order valence-corrected chi connectivity index (χ0v) is 14.5. The van der Waals surface area contributed by atoms with Gasteiger partial charge in [0.1, 0.15) is 5.69 Å². The van der Waals surface area contributed by atoms with Crippen LogP contribution in [0.5, 0.6) is 0 Å². The number of para-hydroxylation sites is 1. The summed E-state index contributed by atoms with van der Waals surface area (Å²) in [6.45, 7) is 3.67. The van der Waals surface area contributed by atoms with E-state index in [4.69, 9.17) is 5.73 Å². The molecule has 0 spiro atoms. The van der Waals surface area contributed by atoms with Gasteiger partial charge in [-0.15, -0.1) is 0 Å². The van der Waals surface area contributed by atoms with E-state index in [0.717, 1.165) is 32.4 Å². The number of piperidine rings is 1. The van der Waals surface area contributed by atoms with Crippen LogP contribution in [0.15, 0.2) is 36.4 Å². The van der Waals surface area contributed by atoms with Crippen molar-refractivity contribution >= 4 is 11.8 Å². The molecule has 3 rings (SSSR count). The Kier molecular flexibility index (Phi) is 5.16. The van der Waals surface area contributed by atoms with E-state index >= 15 is 0 Å². The van der Waals surface area contributed by atoms with Crippen molar-refractivity contribution in [3.05, 3.63) is 47.8 Å². The molecule has 0 radical (unpaired) electrons. The first-order valence-corrected chi connectivity index (χ1v) is 8.84. The summed E-state index contributed by atoms with van der Waals surface area (Å²) < 4.78 is 1.45. The molecule has 2 aromatic rings. The lowest BCUT2D eigenvalue weighted by Gasteiger charge is -2.32. The molecule has 25 heavy (non-hydrogen) atoms. The lowest BCUT2D eigenvalue weighted by Crippen LogP contribution is -2.40. The third-order valence-corrected chi connectivity index (χ3v) is 4.68. The monoisotopic (exact) mass is 340 g/mol. The SMILES string of the molecule is CCCC1CCCN(C(=O)c2cc(C(N)=O)n(-c3ccccc3)n2)C1. The van der Waals surface area contributed by atoms with E-state index in [2.05, 4.69) is 12.0 Å². The van der Waals surface area contributed by atoms with E-state index < -0.39 is 5.91 Å². The standard InChI is InChI=1S/C19H24N4O2/c1-2-7-14-8-6-11-22(13-14)19(25)16-12-17(18(20)24)23(21-16)15-9-4-3-5-10-15/h3-5,9-10,12,14H,2,6-8,11,13H2,1H3,(H2,20,24). The minimum absolute atomic E-state index is 0.127. The van der Waals surface area contributed by atoms with E-state index in [9.17, 15) is 9.59 Å². The molecule has 6 nitrogen and oxygen atoms in total. The van der Waals surface area contributed by atoms with Crippen molar-refractivity contribution < 1.29 is 9.59 Å². The highest BCUT2D eigenvalue weighted by molar-refractivity contribution is 5.97. The molecule has 1 aliphatic rings. The lowest BCUT2D eigenvalue weighted by molar-refractivity contribution is 0.0661. The number of rotatable bonds is 5. The molecule has 1 saturated heterocycles. The number of hydrogen-bond donors (Lipinski definition) is 1. The summed E-state index contributed by atoms with van der Waals surface area (Å²) in [6, 6.07) is 10.7. The number of nitrogens with two attached hydrogens (primary N) is 1. The highest BCUT2D eigenvalue weighted by Gasteiger charge is 2.27. The van der Waals surface area contributed by atoms with Gasteiger partial charge in [-0.1, -0.05) is 31.5 Å². The molecule has 0 bridgehead atoms. The highest BCUT2D eigenvalue weighted by atomic mass is 16.2. The Morgan fingerprint density at radius 1 is 1.28 bits per heavy atom. The molecule has 6 heteroatoms. The normalized spacial score (nSPS) is 17.5. The van der Waals surface area contributed by atoms with Gasteiger partial charge in [0, 0.05) is 19.2 Å². The van der Waals surface area contributed by atoms with Crippen molar-refractivity contribution in [3.63, 3.8) is 0 Å². The Labute approximate surface area is 147 Å². The van der Waals surface area contributed by atoms with Crippen LogP contribution in [0.2, 0.25) is 0 Å². The predicted octanol–water partition coefficient (Wildman–Crippen LogP) is 2.62. The van der Waals surface area contributed by atoms with Crippen LogP contribution in [0.1, 0.15) is 53.6 Å². The van der Waals surface area contributed by atoms with Crippen molar-refractivity contribution in [1.82, 2.24) is 14.7 Å². The summed E-state index contributed by atoms with van der Waals surface area (Å²) in [7, 11) is 0. The van der Waals surface area contributed by atoms with Crippen LogP contribution >= 0.6 is 0 Å². The van der Waals surface area contributed by atoms with Crippen molar-refractivity contribution in [2.45, 2.75) is 32.6 Å². The van der Waals surface area contributed by atoms with Crippen molar-refractivity contribution in [3.8, 4) is 5.69 Å². The van der Waals surface area contributed by atoms with Crippen LogP contribution in [0.25, 0.3) is 5.69 Å². The fourth-order valence-corrected chi connectivity index (χ4v) is 3.48. The Balaban J connectivity index is 1.87. The second-order valence-electron chi connectivity index (χ2n) is 6.57. The molecule has 2 amide bonds. The molecule has 1 fully saturated rings. The molecule has 1 aromatic heterocycles. The average molecular weight is 340 g/mol. The van der Waals surface area contributed by atoms with Crippen LogP contribution in [0.3, 0.4) is 0 Å². The molecule has 1 atom stereocenters. The molecular formula is C19H24N4O2. The molecule has 1 aliphatic heterocycles. The van der Waals surface area contributed by atoms with Gasteiger partial charge in [-0.3, -0.25) is 9.59 Å². The molecule has 2 N–H and O–H groups in total. The number of hydrogen-bond acceptors (Lipinski definition) is 3. The first-order chi connectivity index (χ1) is 12.1. The number of likely N-dealkylation sites (tertiary alicyclic amines) is 1. The summed E-state index contributed by atoms with van der Waals surface area (Å²) >= 11 is 0. The lowest BCUT2D eigenvalue weighted by atomic mass is 9.93. The third kappa shape index (κ3) is 3.73. The quantitative estimate of drug-likeness (QED) is 0.908. The van der Waals surface area contributed by atoms with Crippen LogP contribution in [-0.4, -0.2) is 39.6 Å². The summed E-state index contributed by atoms with van der Waals surface area (Å²) in [5, 5.41) is 4.37. The second-order valence-corrected chi connectivity index (χ2v) is 6.57. The number of benzene rings is 1. The van der Waals surface area contributed by atoms with Crippen LogP contribution in [0.4, 0.5) is 0 Å². The molecule has 132 valence electrons. The Hall–Kier alpha value is -2.63. The fourth-order valence-electron chi connectivity index (χ4n) is 3.48. The Morgan fingerprint density at radius 2 is 2.04 bits per heavy atom. The van der Waals surface area contributed by atoms with E-state index in [1.807, 2.05) is 35.2 Å². The van der Waals surface area contributed by atoms with E-state index in [0.29, 0.717) is 11.6 Å². The van der Waals surface area contributed by atoms with Gasteiger partial charge in [-0.2, -0.15) is 5.10 Å². The van der Waals surface area contributed by atoms with Crippen LogP contribution in [-0.2, 0) is 0 Å². The predicted molar refractivity (Wildman–Crippen MR) is 95.6 cm³/mol. The van der Waals surface area contributed by atoms with Gasteiger partial charge in [0.15, 0.2) is 5.69 Å². The van der Waals surface area contributed by atoms with Gasteiger partial charge in [-0.25, -0.2) is 4.68 Å². The van der Waals surface area contributed by atoms with Crippen molar-refractivity contribution in [2.24, 2.45) is 11.7 Å². The van der Waals surface area contributed by atoms with E-state index in [-0.39, 0.29) is 17.3 Å². The van der Waals surface area contributed by atoms with Crippen molar-refractivity contribution in [2.75, 3.05) is 13.1 Å². The van der Waals surface area contributed by atoms with Crippen LogP contribution < -0.4 is 5.73 Å². The Morgan fingerprint density at radius 3 is 2.72 bits per heavy atom. The average Bonchev–Trinajstić information content (AvgIpc) is 3.08. The van der Waals surface area contributed by atoms with E-state index in [1.165, 1.54) is 17.2 Å². The minimum Gasteiger partial charge on any atom is -0.364 e. The molecular weight excluding hydrogens is 316 g/mol. The summed E-state index contributed by atoms with van der Waals surface area (Å²) in [5.41, 5.74) is 6.68. The van der Waals surface area contributed by atoms with Gasteiger partial charge in [0.25, 0.3) is 11.8 Å². The summed E-state index contributed by atoms with van der Waals surface area (Å²) in [4.78, 5) is 26.5. The van der Waals surface area contributed by atoms with Gasteiger partial charge < -0.3 is 10.6 Å². The number of nitrogens with zero attached hydrogens (tertiary/aromatic N) is 3. The summed E-state index contributed by atoms with van der Waals surface area (Å²) in [5.74, 6) is -0.176. The first kappa shape index (κ1) is 17.2. The zero-order chi connectivity index (χ0) is 17.8. The first-order valence-electron chi connectivity index (χ1n) is 8.84. The second kappa shape index (κ2) is 7.51. The third-order valence-electron chi connectivity index (χ3n) is 4.68. The summed E-state index contributed by atoms with van der Waals surface area (Å²) in [6.07, 6.45) is 4.44. The number of carbonyl (C=O) groups is 2. The van der Waals surface area contributed by atoms with Crippen molar-refractivity contribution in [1.29, 1.82) is 0 Å².